The predicted molar refractivity (Wildman–Crippen MR) is 72.5 cm³/mol. The van der Waals surface area contributed by atoms with Gasteiger partial charge in [-0.25, -0.2) is 4.79 Å². The summed E-state index contributed by atoms with van der Waals surface area (Å²) in [7, 11) is 2.99. The molecule has 0 aliphatic rings. The maximum Gasteiger partial charge on any atom is 0.354 e. The lowest BCUT2D eigenvalue weighted by atomic mass is 10.3. The van der Waals surface area contributed by atoms with Crippen LogP contribution >= 0.6 is 0 Å². The van der Waals surface area contributed by atoms with Gasteiger partial charge in [0.25, 0.3) is 0 Å². The van der Waals surface area contributed by atoms with Gasteiger partial charge in [0.1, 0.15) is 11.4 Å². The Morgan fingerprint density at radius 3 is 2.53 bits per heavy atom. The first-order valence-corrected chi connectivity index (χ1v) is 5.87. The first-order chi connectivity index (χ1) is 9.22. The van der Waals surface area contributed by atoms with Crippen LogP contribution in [0.2, 0.25) is 0 Å². The van der Waals surface area contributed by atoms with Gasteiger partial charge >= 0.3 is 5.97 Å². The maximum atomic E-state index is 11.3. The molecule has 0 aliphatic heterocycles. The Morgan fingerprint density at radius 2 is 1.89 bits per heavy atom. The van der Waals surface area contributed by atoms with E-state index < -0.39 is 0 Å². The number of anilines is 1. The number of nitrogens with one attached hydrogen (secondary N) is 2. The summed E-state index contributed by atoms with van der Waals surface area (Å²) in [5.74, 6) is 0.453. The van der Waals surface area contributed by atoms with E-state index in [1.807, 2.05) is 30.3 Å². The smallest absolute Gasteiger partial charge is 0.354 e. The second kappa shape index (κ2) is 5.95. The van der Waals surface area contributed by atoms with Gasteiger partial charge in [0.05, 0.1) is 20.8 Å². The van der Waals surface area contributed by atoms with Crippen LogP contribution in [-0.2, 0) is 11.3 Å². The molecular formula is C14H16N2O3. The van der Waals surface area contributed by atoms with Crippen LogP contribution in [0.1, 0.15) is 16.2 Å². The Labute approximate surface area is 111 Å². The van der Waals surface area contributed by atoms with E-state index in [9.17, 15) is 4.79 Å². The highest BCUT2D eigenvalue weighted by Crippen LogP contribution is 2.15. The number of methoxy groups -OCH3 is 2. The summed E-state index contributed by atoms with van der Waals surface area (Å²) in [6.45, 7) is 0.601. The van der Waals surface area contributed by atoms with Crippen molar-refractivity contribution in [2.75, 3.05) is 19.5 Å². The zero-order valence-electron chi connectivity index (χ0n) is 10.9. The summed E-state index contributed by atoms with van der Waals surface area (Å²) >= 11 is 0. The van der Waals surface area contributed by atoms with Gasteiger partial charge in [-0.3, -0.25) is 0 Å². The summed E-state index contributed by atoms with van der Waals surface area (Å²) < 4.78 is 9.72. The van der Waals surface area contributed by atoms with Crippen molar-refractivity contribution < 1.29 is 14.3 Å². The van der Waals surface area contributed by atoms with E-state index in [2.05, 4.69) is 15.0 Å². The molecule has 1 aromatic carbocycles. The van der Waals surface area contributed by atoms with Crippen LogP contribution in [0, 0.1) is 0 Å². The molecular weight excluding hydrogens is 244 g/mol. The minimum absolute atomic E-state index is 0.365. The van der Waals surface area contributed by atoms with Gasteiger partial charge in [0.15, 0.2) is 0 Å². The topological polar surface area (TPSA) is 63.4 Å². The molecule has 0 aliphatic carbocycles. The minimum Gasteiger partial charge on any atom is -0.497 e. The number of hydrogen-bond donors (Lipinski definition) is 2. The summed E-state index contributed by atoms with van der Waals surface area (Å²) in [6.07, 6.45) is 0. The number of aromatic amines is 1. The van der Waals surface area contributed by atoms with E-state index in [1.54, 1.807) is 13.2 Å². The average Bonchev–Trinajstić information content (AvgIpc) is 2.93. The summed E-state index contributed by atoms with van der Waals surface area (Å²) in [6, 6.07) is 11.2. The third-order valence-electron chi connectivity index (χ3n) is 2.72. The van der Waals surface area contributed by atoms with E-state index in [1.165, 1.54) is 7.11 Å². The monoisotopic (exact) mass is 260 g/mol. The molecule has 0 spiro atoms. The van der Waals surface area contributed by atoms with Gasteiger partial charge in [0.2, 0.25) is 0 Å². The van der Waals surface area contributed by atoms with Crippen LogP contribution in [0.25, 0.3) is 0 Å². The highest BCUT2D eigenvalue weighted by Gasteiger charge is 2.07. The number of hydrogen-bond acceptors (Lipinski definition) is 4. The Hall–Kier alpha value is -2.43. The zero-order chi connectivity index (χ0) is 13.7. The number of ether oxygens (including phenoxy) is 2. The van der Waals surface area contributed by atoms with Gasteiger partial charge in [-0.05, 0) is 36.4 Å². The molecule has 100 valence electrons. The van der Waals surface area contributed by atoms with Crippen molar-refractivity contribution in [1.29, 1.82) is 0 Å². The first kappa shape index (κ1) is 13.0. The van der Waals surface area contributed by atoms with Crippen molar-refractivity contribution in [2.24, 2.45) is 0 Å². The number of benzene rings is 1. The van der Waals surface area contributed by atoms with E-state index in [-0.39, 0.29) is 5.97 Å². The average molecular weight is 260 g/mol. The molecule has 0 bridgehead atoms. The number of aromatic nitrogens is 1. The molecule has 2 rings (SSSR count). The SMILES string of the molecule is COC(=O)c1ccc(CNc2ccc(OC)cc2)[nH]1. The third-order valence-corrected chi connectivity index (χ3v) is 2.72. The van der Waals surface area contributed by atoms with Gasteiger partial charge in [-0.1, -0.05) is 0 Å². The quantitative estimate of drug-likeness (QED) is 0.810. The minimum atomic E-state index is -0.365. The second-order valence-corrected chi connectivity index (χ2v) is 3.97. The van der Waals surface area contributed by atoms with Gasteiger partial charge in [-0.15, -0.1) is 0 Å². The van der Waals surface area contributed by atoms with Crippen molar-refractivity contribution in [3.05, 3.63) is 47.8 Å². The fraction of sp³-hybridized carbons (Fsp3) is 0.214. The summed E-state index contributed by atoms with van der Waals surface area (Å²) in [5, 5.41) is 3.24. The van der Waals surface area contributed by atoms with Gasteiger partial charge in [0, 0.05) is 11.4 Å². The first-order valence-electron chi connectivity index (χ1n) is 5.87. The van der Waals surface area contributed by atoms with Crippen molar-refractivity contribution in [2.45, 2.75) is 6.54 Å². The lowest BCUT2D eigenvalue weighted by Gasteiger charge is -2.06. The molecule has 5 nitrogen and oxygen atoms in total. The lowest BCUT2D eigenvalue weighted by Crippen LogP contribution is -2.03. The molecule has 0 saturated carbocycles. The molecule has 0 saturated heterocycles. The predicted octanol–water partition coefficient (Wildman–Crippen LogP) is 2.42. The maximum absolute atomic E-state index is 11.3. The largest absolute Gasteiger partial charge is 0.497 e. The number of carbonyl (C=O) groups excluding carboxylic acids is 1. The highest BCUT2D eigenvalue weighted by molar-refractivity contribution is 5.87. The van der Waals surface area contributed by atoms with Gasteiger partial charge in [-0.2, -0.15) is 0 Å². The standard InChI is InChI=1S/C14H16N2O3/c1-18-12-6-3-10(4-7-12)15-9-11-5-8-13(16-11)14(17)19-2/h3-8,15-16H,9H2,1-2H3. The van der Waals surface area contributed by atoms with E-state index in [0.29, 0.717) is 12.2 Å². The highest BCUT2D eigenvalue weighted by atomic mass is 16.5. The molecule has 19 heavy (non-hydrogen) atoms. The van der Waals surface area contributed by atoms with E-state index in [0.717, 1.165) is 17.1 Å². The molecule has 0 unspecified atom stereocenters. The molecule has 0 fully saturated rings. The fourth-order valence-electron chi connectivity index (χ4n) is 1.68. The zero-order valence-corrected chi connectivity index (χ0v) is 10.9. The second-order valence-electron chi connectivity index (χ2n) is 3.97. The molecule has 1 heterocycles. The third kappa shape index (κ3) is 3.28. The fourth-order valence-corrected chi connectivity index (χ4v) is 1.68. The molecule has 0 radical (unpaired) electrons. The summed E-state index contributed by atoms with van der Waals surface area (Å²) in [4.78, 5) is 14.3. The molecule has 5 heteroatoms. The Bertz CT molecular complexity index is 546. The molecule has 2 N–H and O–H groups in total. The van der Waals surface area contributed by atoms with Crippen molar-refractivity contribution in [1.82, 2.24) is 4.98 Å². The molecule has 2 aromatic rings. The Kier molecular flexibility index (Phi) is 4.07. The summed E-state index contributed by atoms with van der Waals surface area (Å²) in [5.41, 5.74) is 2.35. The van der Waals surface area contributed by atoms with Crippen LogP contribution in [-0.4, -0.2) is 25.2 Å². The van der Waals surface area contributed by atoms with Crippen molar-refractivity contribution in [3.63, 3.8) is 0 Å². The Balaban J connectivity index is 1.94. The van der Waals surface area contributed by atoms with Crippen molar-refractivity contribution >= 4 is 11.7 Å². The van der Waals surface area contributed by atoms with Crippen LogP contribution in [0.3, 0.4) is 0 Å². The van der Waals surface area contributed by atoms with E-state index >= 15 is 0 Å². The lowest BCUT2D eigenvalue weighted by molar-refractivity contribution is 0.0594. The number of rotatable bonds is 5. The molecule has 1 aromatic heterocycles. The van der Waals surface area contributed by atoms with Gasteiger partial charge < -0.3 is 19.8 Å². The van der Waals surface area contributed by atoms with Crippen LogP contribution in [0.4, 0.5) is 5.69 Å². The Morgan fingerprint density at radius 1 is 1.16 bits per heavy atom. The molecule has 0 atom stereocenters. The number of H-pyrrole nitrogens is 1. The van der Waals surface area contributed by atoms with Crippen LogP contribution in [0.15, 0.2) is 36.4 Å². The number of esters is 1. The van der Waals surface area contributed by atoms with Crippen molar-refractivity contribution in [3.8, 4) is 5.75 Å². The number of carbonyl (C=O) groups is 1. The van der Waals surface area contributed by atoms with Crippen LogP contribution in [0.5, 0.6) is 5.75 Å². The van der Waals surface area contributed by atoms with Crippen LogP contribution < -0.4 is 10.1 Å². The van der Waals surface area contributed by atoms with E-state index in [4.69, 9.17) is 4.74 Å². The normalized spacial score (nSPS) is 10.0. The molecule has 0 amide bonds.